The van der Waals surface area contributed by atoms with Crippen LogP contribution in [0.3, 0.4) is 0 Å². The van der Waals surface area contributed by atoms with Crippen LogP contribution in [0.1, 0.15) is 26.3 Å². The molecular weight excluding hydrogens is 280 g/mol. The maximum Gasteiger partial charge on any atom is 0.233 e. The fourth-order valence-corrected chi connectivity index (χ4v) is 2.77. The fraction of sp³-hybridized carbons (Fsp3) is 0.529. The first-order chi connectivity index (χ1) is 10.3. The number of benzene rings is 1. The highest BCUT2D eigenvalue weighted by atomic mass is 16.5. The van der Waals surface area contributed by atoms with Gasteiger partial charge in [-0.3, -0.25) is 9.59 Å². The van der Waals surface area contributed by atoms with Crippen molar-refractivity contribution in [3.63, 3.8) is 0 Å². The Morgan fingerprint density at radius 3 is 2.50 bits per heavy atom. The summed E-state index contributed by atoms with van der Waals surface area (Å²) in [6.45, 7) is 7.14. The minimum absolute atomic E-state index is 0.0101. The van der Waals surface area contributed by atoms with Gasteiger partial charge in [-0.1, -0.05) is 32.9 Å². The first kappa shape index (κ1) is 16.3. The molecule has 1 heterocycles. The molecule has 0 radical (unpaired) electrons. The standard InChI is InChI=1S/C17H24N2O3/c1-17(2,3)13-10-19-16(21)14(13)15(20)18-9-11-5-7-12(22-4)8-6-11/h5-8,13-14H,9-10H2,1-4H3,(H,18,20)(H,19,21)/t13-,14+/m0/s1. The predicted octanol–water partition coefficient (Wildman–Crippen LogP) is 1.72. The van der Waals surface area contributed by atoms with E-state index in [1.165, 1.54) is 0 Å². The first-order valence-corrected chi connectivity index (χ1v) is 7.51. The summed E-state index contributed by atoms with van der Waals surface area (Å²) >= 11 is 0. The molecule has 0 saturated carbocycles. The van der Waals surface area contributed by atoms with E-state index in [1.807, 2.05) is 24.3 Å². The average molecular weight is 304 g/mol. The number of hydrogen-bond donors (Lipinski definition) is 2. The molecule has 2 amide bonds. The zero-order chi connectivity index (χ0) is 16.3. The Balaban J connectivity index is 1.99. The molecule has 1 fully saturated rings. The van der Waals surface area contributed by atoms with Gasteiger partial charge in [-0.05, 0) is 23.1 Å². The molecule has 2 N–H and O–H groups in total. The number of nitrogens with one attached hydrogen (secondary N) is 2. The Kier molecular flexibility index (Phi) is 4.74. The molecule has 1 saturated heterocycles. The lowest BCUT2D eigenvalue weighted by molar-refractivity contribution is -0.135. The Morgan fingerprint density at radius 1 is 1.32 bits per heavy atom. The van der Waals surface area contributed by atoms with Crippen LogP contribution in [0.15, 0.2) is 24.3 Å². The molecule has 120 valence electrons. The minimum atomic E-state index is -0.613. The van der Waals surface area contributed by atoms with Gasteiger partial charge in [0.05, 0.1) is 7.11 Å². The largest absolute Gasteiger partial charge is 0.497 e. The summed E-state index contributed by atoms with van der Waals surface area (Å²) < 4.78 is 5.10. The highest BCUT2D eigenvalue weighted by Crippen LogP contribution is 2.35. The summed E-state index contributed by atoms with van der Waals surface area (Å²) in [4.78, 5) is 24.4. The van der Waals surface area contributed by atoms with Crippen LogP contribution in [0, 0.1) is 17.3 Å². The lowest BCUT2D eigenvalue weighted by Gasteiger charge is -2.29. The van der Waals surface area contributed by atoms with Gasteiger partial charge in [0.2, 0.25) is 11.8 Å². The highest BCUT2D eigenvalue weighted by Gasteiger charge is 2.45. The predicted molar refractivity (Wildman–Crippen MR) is 84.3 cm³/mol. The Bertz CT molecular complexity index is 546. The molecule has 0 unspecified atom stereocenters. The van der Waals surface area contributed by atoms with E-state index in [0.717, 1.165) is 11.3 Å². The van der Waals surface area contributed by atoms with Crippen LogP contribution < -0.4 is 15.4 Å². The lowest BCUT2D eigenvalue weighted by atomic mass is 9.74. The summed E-state index contributed by atoms with van der Waals surface area (Å²) in [5.74, 6) is -0.204. The number of carbonyl (C=O) groups is 2. The molecule has 5 heteroatoms. The van der Waals surface area contributed by atoms with Gasteiger partial charge in [0, 0.05) is 19.0 Å². The van der Waals surface area contributed by atoms with Gasteiger partial charge < -0.3 is 15.4 Å². The van der Waals surface area contributed by atoms with Crippen molar-refractivity contribution in [1.82, 2.24) is 10.6 Å². The monoisotopic (exact) mass is 304 g/mol. The van der Waals surface area contributed by atoms with Gasteiger partial charge in [0.1, 0.15) is 11.7 Å². The van der Waals surface area contributed by atoms with Crippen LogP contribution in [0.4, 0.5) is 0 Å². The van der Waals surface area contributed by atoms with Crippen LogP contribution in [0.25, 0.3) is 0 Å². The second-order valence-corrected chi connectivity index (χ2v) is 6.76. The number of hydrogen-bond acceptors (Lipinski definition) is 3. The number of methoxy groups -OCH3 is 1. The van der Waals surface area contributed by atoms with Gasteiger partial charge in [-0.15, -0.1) is 0 Å². The average Bonchev–Trinajstić information content (AvgIpc) is 2.87. The van der Waals surface area contributed by atoms with Crippen LogP contribution in [0.5, 0.6) is 5.75 Å². The number of ether oxygens (including phenoxy) is 1. The van der Waals surface area contributed by atoms with E-state index >= 15 is 0 Å². The Labute approximate surface area is 131 Å². The van der Waals surface area contributed by atoms with Crippen LogP contribution >= 0.6 is 0 Å². The lowest BCUT2D eigenvalue weighted by Crippen LogP contribution is -2.40. The van der Waals surface area contributed by atoms with Crippen molar-refractivity contribution in [3.8, 4) is 5.75 Å². The van der Waals surface area contributed by atoms with E-state index in [4.69, 9.17) is 4.74 Å². The number of carbonyl (C=O) groups excluding carboxylic acids is 2. The zero-order valence-corrected chi connectivity index (χ0v) is 13.6. The molecule has 1 aromatic rings. The summed E-state index contributed by atoms with van der Waals surface area (Å²) in [5.41, 5.74) is 0.876. The smallest absolute Gasteiger partial charge is 0.233 e. The minimum Gasteiger partial charge on any atom is -0.497 e. The van der Waals surface area contributed by atoms with Crippen molar-refractivity contribution in [2.75, 3.05) is 13.7 Å². The summed E-state index contributed by atoms with van der Waals surface area (Å²) in [5, 5.41) is 5.67. The third-order valence-electron chi connectivity index (χ3n) is 4.20. The fourth-order valence-electron chi connectivity index (χ4n) is 2.77. The van der Waals surface area contributed by atoms with Gasteiger partial charge >= 0.3 is 0 Å². The third kappa shape index (κ3) is 3.59. The van der Waals surface area contributed by atoms with Crippen LogP contribution in [-0.2, 0) is 16.1 Å². The first-order valence-electron chi connectivity index (χ1n) is 7.51. The van der Waals surface area contributed by atoms with Crippen molar-refractivity contribution < 1.29 is 14.3 Å². The van der Waals surface area contributed by atoms with E-state index in [0.29, 0.717) is 13.1 Å². The molecule has 1 aromatic carbocycles. The summed E-state index contributed by atoms with van der Waals surface area (Å²) in [6.07, 6.45) is 0. The summed E-state index contributed by atoms with van der Waals surface area (Å²) in [6, 6.07) is 7.49. The zero-order valence-electron chi connectivity index (χ0n) is 13.6. The molecule has 2 rings (SSSR count). The van der Waals surface area contributed by atoms with Crippen molar-refractivity contribution in [1.29, 1.82) is 0 Å². The molecule has 2 atom stereocenters. The normalized spacial score (nSPS) is 21.4. The molecule has 1 aliphatic heterocycles. The van der Waals surface area contributed by atoms with E-state index < -0.39 is 5.92 Å². The Hall–Kier alpha value is -2.04. The maximum absolute atomic E-state index is 12.4. The van der Waals surface area contributed by atoms with Crippen molar-refractivity contribution >= 4 is 11.8 Å². The number of amides is 2. The van der Waals surface area contributed by atoms with Gasteiger partial charge in [0.15, 0.2) is 0 Å². The summed E-state index contributed by atoms with van der Waals surface area (Å²) in [7, 11) is 1.61. The van der Waals surface area contributed by atoms with Crippen LogP contribution in [0.2, 0.25) is 0 Å². The van der Waals surface area contributed by atoms with Gasteiger partial charge in [-0.25, -0.2) is 0 Å². The molecule has 0 spiro atoms. The van der Waals surface area contributed by atoms with E-state index in [2.05, 4.69) is 31.4 Å². The molecule has 0 bridgehead atoms. The highest BCUT2D eigenvalue weighted by molar-refractivity contribution is 6.02. The van der Waals surface area contributed by atoms with Gasteiger partial charge in [0.25, 0.3) is 0 Å². The van der Waals surface area contributed by atoms with Crippen molar-refractivity contribution in [2.24, 2.45) is 17.3 Å². The van der Waals surface area contributed by atoms with E-state index in [-0.39, 0.29) is 23.1 Å². The van der Waals surface area contributed by atoms with E-state index in [1.54, 1.807) is 7.11 Å². The molecular formula is C17H24N2O3. The van der Waals surface area contributed by atoms with Crippen molar-refractivity contribution in [2.45, 2.75) is 27.3 Å². The SMILES string of the molecule is COc1ccc(CNC(=O)[C@@H]2C(=O)NC[C@@H]2C(C)(C)C)cc1. The molecule has 5 nitrogen and oxygen atoms in total. The molecule has 1 aliphatic rings. The number of rotatable bonds is 4. The Morgan fingerprint density at radius 2 is 1.95 bits per heavy atom. The van der Waals surface area contributed by atoms with Crippen molar-refractivity contribution in [3.05, 3.63) is 29.8 Å². The topological polar surface area (TPSA) is 67.4 Å². The third-order valence-corrected chi connectivity index (χ3v) is 4.20. The molecule has 0 aliphatic carbocycles. The molecule has 0 aromatic heterocycles. The molecule has 22 heavy (non-hydrogen) atoms. The second-order valence-electron chi connectivity index (χ2n) is 6.76. The van der Waals surface area contributed by atoms with Gasteiger partial charge in [-0.2, -0.15) is 0 Å². The van der Waals surface area contributed by atoms with Crippen LogP contribution in [-0.4, -0.2) is 25.5 Å². The maximum atomic E-state index is 12.4. The quantitative estimate of drug-likeness (QED) is 0.832. The second kappa shape index (κ2) is 6.38. The van der Waals surface area contributed by atoms with E-state index in [9.17, 15) is 9.59 Å².